The van der Waals surface area contributed by atoms with Crippen LogP contribution in [-0.4, -0.2) is 11.7 Å². The summed E-state index contributed by atoms with van der Waals surface area (Å²) in [5.74, 6) is 1.55. The summed E-state index contributed by atoms with van der Waals surface area (Å²) >= 11 is 6.12. The lowest BCUT2D eigenvalue weighted by atomic mass is 9.98. The smallest absolute Gasteiger partial charge is 0.128 e. The number of hydrogen-bond donors (Lipinski definition) is 1. The highest BCUT2D eigenvalue weighted by atomic mass is 35.5. The highest BCUT2D eigenvalue weighted by molar-refractivity contribution is 6.30. The van der Waals surface area contributed by atoms with Crippen LogP contribution >= 0.6 is 11.6 Å². The number of halogens is 1. The lowest BCUT2D eigenvalue weighted by molar-refractivity contribution is 0.211. The van der Waals surface area contributed by atoms with Crippen LogP contribution in [0.5, 0.6) is 5.75 Å². The molecule has 1 aliphatic rings. The highest BCUT2D eigenvalue weighted by Gasteiger charge is 2.25. The standard InChI is InChI=1S/C15H15ClO3/c1-2-13-11(4-6-18-13)14(17)12-8-10(16)7-9-3-5-19-15(9)12/h4,6-8,14,17H,2-3,5H2,1H3. The van der Waals surface area contributed by atoms with Crippen LogP contribution in [0, 0.1) is 0 Å². The Labute approximate surface area is 116 Å². The van der Waals surface area contributed by atoms with Gasteiger partial charge in [0, 0.05) is 29.0 Å². The van der Waals surface area contributed by atoms with Crippen molar-refractivity contribution < 1.29 is 14.3 Å². The maximum atomic E-state index is 10.6. The molecule has 4 heteroatoms. The normalized spacial score (nSPS) is 15.1. The van der Waals surface area contributed by atoms with E-state index in [0.717, 1.165) is 41.0 Å². The zero-order valence-corrected chi connectivity index (χ0v) is 11.4. The van der Waals surface area contributed by atoms with Gasteiger partial charge in [0.2, 0.25) is 0 Å². The molecule has 0 radical (unpaired) electrons. The van der Waals surface area contributed by atoms with Gasteiger partial charge in [-0.05, 0) is 23.8 Å². The fourth-order valence-corrected chi connectivity index (χ4v) is 2.80. The minimum atomic E-state index is -0.765. The molecule has 1 aliphatic heterocycles. The summed E-state index contributed by atoms with van der Waals surface area (Å²) in [5, 5.41) is 11.2. The van der Waals surface area contributed by atoms with Gasteiger partial charge in [-0.25, -0.2) is 0 Å². The number of aliphatic hydroxyl groups is 1. The minimum Gasteiger partial charge on any atom is -0.493 e. The molecular weight excluding hydrogens is 264 g/mol. The molecule has 100 valence electrons. The average Bonchev–Trinajstić information content (AvgIpc) is 3.04. The summed E-state index contributed by atoms with van der Waals surface area (Å²) in [7, 11) is 0. The Bertz CT molecular complexity index is 603. The average molecular weight is 279 g/mol. The van der Waals surface area contributed by atoms with Crippen LogP contribution in [-0.2, 0) is 12.8 Å². The fraction of sp³-hybridized carbons (Fsp3) is 0.333. The first-order valence-electron chi connectivity index (χ1n) is 6.40. The van der Waals surface area contributed by atoms with Crippen LogP contribution in [0.3, 0.4) is 0 Å². The van der Waals surface area contributed by atoms with Crippen LogP contribution < -0.4 is 4.74 Å². The van der Waals surface area contributed by atoms with Crippen molar-refractivity contribution in [2.24, 2.45) is 0 Å². The topological polar surface area (TPSA) is 42.6 Å². The summed E-state index contributed by atoms with van der Waals surface area (Å²) < 4.78 is 11.0. The monoisotopic (exact) mass is 278 g/mol. The van der Waals surface area contributed by atoms with Crippen molar-refractivity contribution >= 4 is 11.6 Å². The van der Waals surface area contributed by atoms with Crippen LogP contribution in [0.4, 0.5) is 0 Å². The number of aryl methyl sites for hydroxylation is 1. The van der Waals surface area contributed by atoms with E-state index in [1.54, 1.807) is 18.4 Å². The fourth-order valence-electron chi connectivity index (χ4n) is 2.55. The van der Waals surface area contributed by atoms with E-state index in [1.807, 2.05) is 13.0 Å². The maximum absolute atomic E-state index is 10.6. The highest BCUT2D eigenvalue weighted by Crippen LogP contribution is 2.39. The first-order chi connectivity index (χ1) is 9.20. The second-order valence-corrected chi connectivity index (χ2v) is 5.07. The van der Waals surface area contributed by atoms with Gasteiger partial charge < -0.3 is 14.3 Å². The molecule has 0 amide bonds. The van der Waals surface area contributed by atoms with Gasteiger partial charge in [0.25, 0.3) is 0 Å². The SMILES string of the molecule is CCc1occc1C(O)c1cc(Cl)cc2c1OCC2. The number of fused-ring (bicyclic) bond motifs is 1. The third-order valence-electron chi connectivity index (χ3n) is 3.47. The van der Waals surface area contributed by atoms with E-state index in [0.29, 0.717) is 11.6 Å². The molecule has 1 atom stereocenters. The molecule has 0 spiro atoms. The van der Waals surface area contributed by atoms with Gasteiger partial charge in [0.1, 0.15) is 17.6 Å². The number of ether oxygens (including phenoxy) is 1. The zero-order valence-electron chi connectivity index (χ0n) is 10.6. The van der Waals surface area contributed by atoms with Crippen LogP contribution in [0.25, 0.3) is 0 Å². The van der Waals surface area contributed by atoms with E-state index in [1.165, 1.54) is 0 Å². The lowest BCUT2D eigenvalue weighted by Gasteiger charge is -2.15. The van der Waals surface area contributed by atoms with Gasteiger partial charge in [-0.1, -0.05) is 18.5 Å². The van der Waals surface area contributed by atoms with Gasteiger partial charge in [-0.3, -0.25) is 0 Å². The number of rotatable bonds is 3. The third-order valence-corrected chi connectivity index (χ3v) is 3.69. The largest absolute Gasteiger partial charge is 0.493 e. The summed E-state index contributed by atoms with van der Waals surface area (Å²) in [4.78, 5) is 0. The van der Waals surface area contributed by atoms with Crippen molar-refractivity contribution in [1.82, 2.24) is 0 Å². The van der Waals surface area contributed by atoms with Gasteiger partial charge in [-0.15, -0.1) is 0 Å². The zero-order chi connectivity index (χ0) is 13.4. The minimum absolute atomic E-state index is 0.625. The Morgan fingerprint density at radius 1 is 1.37 bits per heavy atom. The second kappa shape index (κ2) is 4.91. The van der Waals surface area contributed by atoms with Gasteiger partial charge in [0.05, 0.1) is 12.9 Å². The molecule has 3 rings (SSSR count). The number of hydrogen-bond acceptors (Lipinski definition) is 3. The summed E-state index contributed by atoms with van der Waals surface area (Å²) in [5.41, 5.74) is 2.56. The molecule has 0 fully saturated rings. The second-order valence-electron chi connectivity index (χ2n) is 4.64. The number of aliphatic hydroxyl groups excluding tert-OH is 1. The molecule has 0 saturated heterocycles. The molecule has 2 heterocycles. The molecular formula is C15H15ClO3. The van der Waals surface area contributed by atoms with Crippen molar-refractivity contribution in [3.8, 4) is 5.75 Å². The summed E-state index contributed by atoms with van der Waals surface area (Å²) in [6, 6.07) is 5.46. The maximum Gasteiger partial charge on any atom is 0.128 e. The van der Waals surface area contributed by atoms with E-state index < -0.39 is 6.10 Å². The third kappa shape index (κ3) is 2.13. The van der Waals surface area contributed by atoms with Gasteiger partial charge >= 0.3 is 0 Å². The molecule has 1 N–H and O–H groups in total. The van der Waals surface area contributed by atoms with Crippen molar-refractivity contribution in [1.29, 1.82) is 0 Å². The molecule has 2 aromatic rings. The Morgan fingerprint density at radius 2 is 2.21 bits per heavy atom. The van der Waals surface area contributed by atoms with Crippen molar-refractivity contribution in [2.45, 2.75) is 25.9 Å². The van der Waals surface area contributed by atoms with E-state index in [-0.39, 0.29) is 0 Å². The van der Waals surface area contributed by atoms with Gasteiger partial charge in [0.15, 0.2) is 0 Å². The first kappa shape index (κ1) is 12.6. The van der Waals surface area contributed by atoms with E-state index >= 15 is 0 Å². The van der Waals surface area contributed by atoms with E-state index in [2.05, 4.69) is 0 Å². The molecule has 19 heavy (non-hydrogen) atoms. The quantitative estimate of drug-likeness (QED) is 0.934. The van der Waals surface area contributed by atoms with Crippen LogP contribution in [0.15, 0.2) is 28.9 Å². The Balaban J connectivity index is 2.07. The van der Waals surface area contributed by atoms with E-state index in [9.17, 15) is 5.11 Å². The van der Waals surface area contributed by atoms with Crippen molar-refractivity contribution in [3.05, 3.63) is 51.9 Å². The van der Waals surface area contributed by atoms with Crippen molar-refractivity contribution in [3.63, 3.8) is 0 Å². The molecule has 1 unspecified atom stereocenters. The Hall–Kier alpha value is -1.45. The molecule has 0 saturated carbocycles. The predicted molar refractivity (Wildman–Crippen MR) is 72.8 cm³/mol. The van der Waals surface area contributed by atoms with Crippen LogP contribution in [0.1, 0.15) is 35.5 Å². The van der Waals surface area contributed by atoms with Gasteiger partial charge in [-0.2, -0.15) is 0 Å². The molecule has 1 aromatic heterocycles. The molecule has 0 aliphatic carbocycles. The number of benzene rings is 1. The lowest BCUT2D eigenvalue weighted by Crippen LogP contribution is -2.03. The predicted octanol–water partition coefficient (Wildman–Crippen LogP) is 3.51. The summed E-state index contributed by atoms with van der Waals surface area (Å²) in [6.07, 6.45) is 2.41. The van der Waals surface area contributed by atoms with Crippen molar-refractivity contribution in [2.75, 3.05) is 6.61 Å². The van der Waals surface area contributed by atoms with Crippen LogP contribution in [0.2, 0.25) is 5.02 Å². The molecule has 1 aromatic carbocycles. The number of furan rings is 1. The Morgan fingerprint density at radius 3 is 3.00 bits per heavy atom. The molecule has 0 bridgehead atoms. The van der Waals surface area contributed by atoms with E-state index in [4.69, 9.17) is 20.8 Å². The Kier molecular flexibility index (Phi) is 3.25. The first-order valence-corrected chi connectivity index (χ1v) is 6.78. The molecule has 3 nitrogen and oxygen atoms in total. The summed E-state index contributed by atoms with van der Waals surface area (Å²) in [6.45, 7) is 2.63.